The summed E-state index contributed by atoms with van der Waals surface area (Å²) in [6.45, 7) is 6.65. The fourth-order valence-electron chi connectivity index (χ4n) is 3.51. The van der Waals surface area contributed by atoms with Crippen LogP contribution in [-0.2, 0) is 4.74 Å². The first-order valence-electron chi connectivity index (χ1n) is 9.96. The van der Waals surface area contributed by atoms with Crippen LogP contribution in [0.1, 0.15) is 22.3 Å². The third-order valence-electron chi connectivity index (χ3n) is 5.26. The maximum atomic E-state index is 13.3. The molecule has 5 nitrogen and oxygen atoms in total. The van der Waals surface area contributed by atoms with Crippen LogP contribution < -0.4 is 4.90 Å². The van der Waals surface area contributed by atoms with Crippen LogP contribution in [0.3, 0.4) is 0 Å². The number of benzene rings is 2. The molecule has 0 unspecified atom stereocenters. The molecule has 2 heterocycles. The van der Waals surface area contributed by atoms with E-state index in [4.69, 9.17) is 21.3 Å². The monoisotopic (exact) mass is 447 g/mol. The van der Waals surface area contributed by atoms with Gasteiger partial charge in [-0.1, -0.05) is 22.9 Å². The summed E-state index contributed by atoms with van der Waals surface area (Å²) in [6, 6.07) is 9.43. The summed E-state index contributed by atoms with van der Waals surface area (Å²) in [5.41, 5.74) is 2.16. The van der Waals surface area contributed by atoms with Gasteiger partial charge in [-0.3, -0.25) is 14.6 Å². The lowest BCUT2D eigenvalue weighted by atomic mass is 10.2. The smallest absolute Gasteiger partial charge is 0.260 e. The third kappa shape index (κ3) is 4.64. The van der Waals surface area contributed by atoms with E-state index in [2.05, 4.69) is 4.90 Å². The summed E-state index contributed by atoms with van der Waals surface area (Å²) < 4.78 is 19.7. The first-order valence-corrected chi connectivity index (χ1v) is 11.2. The van der Waals surface area contributed by atoms with Crippen molar-refractivity contribution in [2.45, 2.75) is 13.3 Å². The van der Waals surface area contributed by atoms with Gasteiger partial charge in [-0.05, 0) is 55.3 Å². The van der Waals surface area contributed by atoms with Crippen LogP contribution in [0.2, 0.25) is 5.02 Å². The minimum atomic E-state index is -0.365. The van der Waals surface area contributed by atoms with Gasteiger partial charge in [0.2, 0.25) is 0 Å². The molecule has 0 N–H and O–H groups in total. The Morgan fingerprint density at radius 2 is 1.97 bits per heavy atom. The van der Waals surface area contributed by atoms with E-state index in [9.17, 15) is 9.18 Å². The Morgan fingerprint density at radius 3 is 2.70 bits per heavy atom. The highest BCUT2D eigenvalue weighted by molar-refractivity contribution is 7.22. The zero-order chi connectivity index (χ0) is 21.1. The summed E-state index contributed by atoms with van der Waals surface area (Å²) >= 11 is 7.72. The summed E-state index contributed by atoms with van der Waals surface area (Å²) in [4.78, 5) is 22.1. The molecular weight excluding hydrogens is 425 g/mol. The highest BCUT2D eigenvalue weighted by Gasteiger charge is 2.22. The van der Waals surface area contributed by atoms with E-state index in [1.165, 1.54) is 35.6 Å². The first-order chi connectivity index (χ1) is 14.5. The van der Waals surface area contributed by atoms with Crippen LogP contribution in [0.25, 0.3) is 10.2 Å². The number of aromatic nitrogens is 1. The highest BCUT2D eigenvalue weighted by atomic mass is 35.5. The van der Waals surface area contributed by atoms with Crippen LogP contribution in [0, 0.1) is 12.7 Å². The van der Waals surface area contributed by atoms with Crippen molar-refractivity contribution >= 4 is 44.2 Å². The largest absolute Gasteiger partial charge is 0.379 e. The molecule has 0 bridgehead atoms. The minimum absolute atomic E-state index is 0.181. The lowest BCUT2D eigenvalue weighted by Crippen LogP contribution is -2.39. The normalized spacial score (nSPS) is 14.9. The Bertz CT molecular complexity index is 1030. The van der Waals surface area contributed by atoms with Gasteiger partial charge in [-0.15, -0.1) is 0 Å². The van der Waals surface area contributed by atoms with Gasteiger partial charge in [-0.25, -0.2) is 9.37 Å². The van der Waals surface area contributed by atoms with Gasteiger partial charge in [0.1, 0.15) is 5.82 Å². The van der Waals surface area contributed by atoms with Gasteiger partial charge in [0.05, 0.1) is 23.4 Å². The summed E-state index contributed by atoms with van der Waals surface area (Å²) in [6.07, 6.45) is 0.808. The van der Waals surface area contributed by atoms with Crippen molar-refractivity contribution in [3.63, 3.8) is 0 Å². The molecule has 4 rings (SSSR count). The Hall–Kier alpha value is -2.06. The number of nitrogens with zero attached hydrogens (tertiary/aromatic N) is 3. The number of rotatable bonds is 6. The van der Waals surface area contributed by atoms with Gasteiger partial charge in [0.15, 0.2) is 5.13 Å². The molecule has 1 fully saturated rings. The van der Waals surface area contributed by atoms with Crippen LogP contribution in [-0.4, -0.2) is 55.2 Å². The van der Waals surface area contributed by atoms with Gasteiger partial charge < -0.3 is 4.74 Å². The highest BCUT2D eigenvalue weighted by Crippen LogP contribution is 2.34. The predicted octanol–water partition coefficient (Wildman–Crippen LogP) is 4.77. The molecule has 1 saturated heterocycles. The topological polar surface area (TPSA) is 45.7 Å². The van der Waals surface area contributed by atoms with E-state index in [-0.39, 0.29) is 11.7 Å². The zero-order valence-electron chi connectivity index (χ0n) is 16.7. The summed E-state index contributed by atoms with van der Waals surface area (Å²) in [5, 5.41) is 1.29. The molecule has 0 aliphatic carbocycles. The van der Waals surface area contributed by atoms with E-state index >= 15 is 0 Å². The van der Waals surface area contributed by atoms with Gasteiger partial charge >= 0.3 is 0 Å². The average molecular weight is 448 g/mol. The van der Waals surface area contributed by atoms with Crippen molar-refractivity contribution in [3.8, 4) is 0 Å². The van der Waals surface area contributed by atoms with E-state index in [1.54, 1.807) is 4.90 Å². The molecule has 1 aromatic heterocycles. The Kier molecular flexibility index (Phi) is 6.63. The number of carbonyl (C=O) groups excluding carboxylic acids is 1. The Morgan fingerprint density at radius 1 is 1.23 bits per heavy atom. The maximum absolute atomic E-state index is 13.3. The third-order valence-corrected chi connectivity index (χ3v) is 6.72. The Balaban J connectivity index is 1.59. The van der Waals surface area contributed by atoms with Gasteiger partial charge in [-0.2, -0.15) is 0 Å². The lowest BCUT2D eigenvalue weighted by Gasteiger charge is -2.27. The number of carbonyl (C=O) groups is 1. The molecule has 1 aliphatic rings. The molecule has 3 aromatic rings. The number of hydrogen-bond acceptors (Lipinski definition) is 5. The number of halogens is 2. The molecule has 2 aromatic carbocycles. The molecular formula is C22H23ClFN3O2S. The summed E-state index contributed by atoms with van der Waals surface area (Å²) in [7, 11) is 0. The molecule has 0 saturated carbocycles. The fourth-order valence-corrected chi connectivity index (χ4v) is 4.72. The van der Waals surface area contributed by atoms with Gasteiger partial charge in [0, 0.05) is 36.8 Å². The second-order valence-electron chi connectivity index (χ2n) is 7.29. The average Bonchev–Trinajstić information content (AvgIpc) is 3.19. The van der Waals surface area contributed by atoms with Crippen molar-refractivity contribution < 1.29 is 13.9 Å². The van der Waals surface area contributed by atoms with E-state index in [1.807, 2.05) is 19.1 Å². The summed E-state index contributed by atoms with van der Waals surface area (Å²) in [5.74, 6) is -0.546. The second kappa shape index (κ2) is 9.39. The van der Waals surface area contributed by atoms with Gasteiger partial charge in [0.25, 0.3) is 5.91 Å². The molecule has 1 aliphatic heterocycles. The van der Waals surface area contributed by atoms with Crippen LogP contribution >= 0.6 is 22.9 Å². The lowest BCUT2D eigenvalue weighted by molar-refractivity contribution is 0.0376. The number of aryl methyl sites for hydroxylation is 1. The number of ether oxygens (including phenoxy) is 1. The molecule has 8 heteroatoms. The number of anilines is 1. The zero-order valence-corrected chi connectivity index (χ0v) is 18.3. The number of thiazole rings is 1. The molecule has 1 amide bonds. The molecule has 158 valence electrons. The SMILES string of the molecule is Cc1c(Cl)ccc2sc(N(CCCN3CCOCC3)C(=O)c3ccc(F)cc3)nc12. The number of hydrogen-bond donors (Lipinski definition) is 0. The minimum Gasteiger partial charge on any atom is -0.379 e. The van der Waals surface area contributed by atoms with E-state index in [0.29, 0.717) is 22.3 Å². The molecule has 0 spiro atoms. The second-order valence-corrected chi connectivity index (χ2v) is 8.70. The fraction of sp³-hybridized carbons (Fsp3) is 0.364. The first kappa shape index (κ1) is 21.2. The number of fused-ring (bicyclic) bond motifs is 1. The molecule has 30 heavy (non-hydrogen) atoms. The van der Waals surface area contributed by atoms with Crippen molar-refractivity contribution in [2.24, 2.45) is 0 Å². The quantitative estimate of drug-likeness (QED) is 0.546. The van der Waals surface area contributed by atoms with E-state index in [0.717, 1.165) is 55.0 Å². The molecule has 0 atom stereocenters. The standard InChI is InChI=1S/C22H23ClFN3O2S/c1-15-18(23)7-8-19-20(15)25-22(30-19)27(10-2-9-26-11-13-29-14-12-26)21(28)16-3-5-17(24)6-4-16/h3-8H,2,9-14H2,1H3. The van der Waals surface area contributed by atoms with Crippen molar-refractivity contribution in [2.75, 3.05) is 44.3 Å². The number of morpholine rings is 1. The van der Waals surface area contributed by atoms with Crippen molar-refractivity contribution in [1.29, 1.82) is 0 Å². The number of amides is 1. The van der Waals surface area contributed by atoms with Crippen molar-refractivity contribution in [1.82, 2.24) is 9.88 Å². The van der Waals surface area contributed by atoms with Crippen LogP contribution in [0.4, 0.5) is 9.52 Å². The van der Waals surface area contributed by atoms with E-state index < -0.39 is 0 Å². The predicted molar refractivity (Wildman–Crippen MR) is 119 cm³/mol. The maximum Gasteiger partial charge on any atom is 0.260 e. The molecule has 0 radical (unpaired) electrons. The van der Waals surface area contributed by atoms with Crippen LogP contribution in [0.15, 0.2) is 36.4 Å². The van der Waals surface area contributed by atoms with Crippen molar-refractivity contribution in [3.05, 3.63) is 58.4 Å². The van der Waals surface area contributed by atoms with Crippen LogP contribution in [0.5, 0.6) is 0 Å². The Labute approximate surface area is 184 Å².